The van der Waals surface area contributed by atoms with Crippen LogP contribution >= 0.6 is 23.1 Å². The summed E-state index contributed by atoms with van der Waals surface area (Å²) in [4.78, 5) is 26.3. The Balaban J connectivity index is 1.78. The van der Waals surface area contributed by atoms with Gasteiger partial charge in [0.15, 0.2) is 0 Å². The second kappa shape index (κ2) is 11.1. The van der Waals surface area contributed by atoms with Gasteiger partial charge in [0.1, 0.15) is 15.9 Å². The molecule has 1 fully saturated rings. The van der Waals surface area contributed by atoms with Crippen molar-refractivity contribution in [2.75, 3.05) is 29.9 Å². The van der Waals surface area contributed by atoms with Gasteiger partial charge in [-0.1, -0.05) is 30.3 Å². The smallest absolute Gasteiger partial charge is 0.408 e. The Kier molecular flexibility index (Phi) is 8.66. The number of benzene rings is 1. The molecule has 0 unspecified atom stereocenters. The minimum Gasteiger partial charge on any atom is -0.444 e. The molecule has 2 amide bonds. The number of alkyl carbamates (subject to hydrolysis) is 1. The number of anilines is 1. The number of sulfonamides is 1. The minimum absolute atomic E-state index is 0.201. The highest BCUT2D eigenvalue weighted by Crippen LogP contribution is 2.32. The van der Waals surface area contributed by atoms with Crippen LogP contribution in [0.5, 0.6) is 0 Å². The van der Waals surface area contributed by atoms with Crippen LogP contribution in [0, 0.1) is 6.92 Å². The van der Waals surface area contributed by atoms with Crippen LogP contribution in [0.3, 0.4) is 0 Å². The zero-order valence-corrected chi connectivity index (χ0v) is 22.2. The van der Waals surface area contributed by atoms with Gasteiger partial charge in [0.05, 0.1) is 5.69 Å². The van der Waals surface area contributed by atoms with Crippen molar-refractivity contribution >= 4 is 50.8 Å². The van der Waals surface area contributed by atoms with Crippen LogP contribution in [0.15, 0.2) is 40.6 Å². The number of aryl methyl sites for hydroxylation is 1. The fourth-order valence-corrected chi connectivity index (χ4v) is 7.48. The van der Waals surface area contributed by atoms with E-state index in [1.807, 2.05) is 30.3 Å². The van der Waals surface area contributed by atoms with Crippen LogP contribution < -0.4 is 10.6 Å². The molecule has 8 nitrogen and oxygen atoms in total. The fraction of sp³-hybridized carbons (Fsp3) is 0.478. The average Bonchev–Trinajstić information content (AvgIpc) is 3.14. The number of amides is 2. The van der Waals surface area contributed by atoms with Crippen LogP contribution in [0.25, 0.3) is 0 Å². The monoisotopic (exact) mass is 525 g/mol. The topological polar surface area (TPSA) is 105 Å². The molecule has 1 aliphatic heterocycles. The molecule has 1 atom stereocenters. The number of nitrogens with one attached hydrogen (secondary N) is 2. The summed E-state index contributed by atoms with van der Waals surface area (Å²) in [7, 11) is -3.61. The van der Waals surface area contributed by atoms with E-state index in [9.17, 15) is 18.0 Å². The number of hydrogen-bond donors (Lipinski definition) is 2. The first kappa shape index (κ1) is 26.5. The molecule has 1 aromatic heterocycles. The molecule has 0 radical (unpaired) electrons. The third-order valence-electron chi connectivity index (χ3n) is 5.01. The van der Waals surface area contributed by atoms with Crippen LogP contribution in [0.2, 0.25) is 0 Å². The molecule has 2 N–H and O–H groups in total. The quantitative estimate of drug-likeness (QED) is 0.569. The third-order valence-corrected chi connectivity index (χ3v) is 9.35. The van der Waals surface area contributed by atoms with Gasteiger partial charge in [0, 0.05) is 35.9 Å². The molecule has 0 bridgehead atoms. The number of rotatable bonds is 7. The second-order valence-corrected chi connectivity index (χ2v) is 13.6. The predicted molar refractivity (Wildman–Crippen MR) is 137 cm³/mol. The van der Waals surface area contributed by atoms with Crippen molar-refractivity contribution in [2.45, 2.75) is 50.0 Å². The molecular weight excluding hydrogens is 494 g/mol. The summed E-state index contributed by atoms with van der Waals surface area (Å²) in [5, 5.41) is 5.46. The number of thiophene rings is 1. The average molecular weight is 526 g/mol. The van der Waals surface area contributed by atoms with Crippen molar-refractivity contribution in [3.05, 3.63) is 46.8 Å². The maximum absolute atomic E-state index is 13.2. The number of thioether (sulfide) groups is 1. The summed E-state index contributed by atoms with van der Waals surface area (Å²) in [6.07, 6.45) is -0.442. The van der Waals surface area contributed by atoms with Crippen LogP contribution in [-0.2, 0) is 26.0 Å². The Morgan fingerprint density at radius 2 is 1.79 bits per heavy atom. The second-order valence-electron chi connectivity index (χ2n) is 8.93. The van der Waals surface area contributed by atoms with E-state index in [0.717, 1.165) is 28.4 Å². The van der Waals surface area contributed by atoms with E-state index >= 15 is 0 Å². The Bertz CT molecular complexity index is 1100. The molecule has 0 spiro atoms. The Morgan fingerprint density at radius 1 is 1.15 bits per heavy atom. The summed E-state index contributed by atoms with van der Waals surface area (Å²) < 4.78 is 33.1. The SMILES string of the molecule is Cc1sc(S(=O)(=O)N2CCSCC2)cc1NC(=O)[C@H](Cc1ccccc1)NC(=O)OC(C)(C)C. The van der Waals surface area contributed by atoms with Crippen molar-refractivity contribution in [1.82, 2.24) is 9.62 Å². The highest BCUT2D eigenvalue weighted by atomic mass is 32.2. The zero-order valence-electron chi connectivity index (χ0n) is 19.8. The van der Waals surface area contributed by atoms with Gasteiger partial charge in [-0.25, -0.2) is 13.2 Å². The zero-order chi connectivity index (χ0) is 24.9. The number of hydrogen-bond acceptors (Lipinski definition) is 7. The maximum Gasteiger partial charge on any atom is 0.408 e. The highest BCUT2D eigenvalue weighted by Gasteiger charge is 2.30. The molecule has 11 heteroatoms. The summed E-state index contributed by atoms with van der Waals surface area (Å²) in [6, 6.07) is 9.92. The van der Waals surface area contributed by atoms with Crippen molar-refractivity contribution in [1.29, 1.82) is 0 Å². The lowest BCUT2D eigenvalue weighted by Gasteiger charge is -2.24. The lowest BCUT2D eigenvalue weighted by molar-refractivity contribution is -0.118. The standard InChI is InChI=1S/C23H31N3O5S3/c1-16-18(15-20(33-16)34(29,30)26-10-12-32-13-11-26)24-21(27)19(14-17-8-6-5-7-9-17)25-22(28)31-23(2,3)4/h5-9,15,19H,10-14H2,1-4H3,(H,24,27)(H,25,28)/t19-/m0/s1. The van der Waals surface area contributed by atoms with Crippen LogP contribution in [0.1, 0.15) is 31.2 Å². The van der Waals surface area contributed by atoms with Crippen molar-refractivity contribution in [3.8, 4) is 0 Å². The summed E-state index contributed by atoms with van der Waals surface area (Å²) in [6.45, 7) is 7.96. The largest absolute Gasteiger partial charge is 0.444 e. The molecule has 1 aliphatic rings. The maximum atomic E-state index is 13.2. The lowest BCUT2D eigenvalue weighted by Crippen LogP contribution is -2.47. The molecule has 1 saturated heterocycles. The summed E-state index contributed by atoms with van der Waals surface area (Å²) in [5.41, 5.74) is 0.578. The molecule has 3 rings (SSSR count). The van der Waals surface area contributed by atoms with E-state index in [4.69, 9.17) is 4.74 Å². The van der Waals surface area contributed by atoms with E-state index in [1.165, 1.54) is 10.4 Å². The summed E-state index contributed by atoms with van der Waals surface area (Å²) >= 11 is 2.87. The van der Waals surface area contributed by atoms with Gasteiger partial charge < -0.3 is 15.4 Å². The number of carbonyl (C=O) groups is 2. The molecule has 2 heterocycles. The van der Waals surface area contributed by atoms with E-state index < -0.39 is 33.7 Å². The molecule has 0 saturated carbocycles. The summed E-state index contributed by atoms with van der Waals surface area (Å²) in [5.74, 6) is 1.09. The van der Waals surface area contributed by atoms with Gasteiger partial charge in [-0.15, -0.1) is 11.3 Å². The van der Waals surface area contributed by atoms with Crippen molar-refractivity contribution in [2.24, 2.45) is 0 Å². The molecule has 0 aliphatic carbocycles. The number of ether oxygens (including phenoxy) is 1. The van der Waals surface area contributed by atoms with Gasteiger partial charge in [0.25, 0.3) is 10.0 Å². The number of carbonyl (C=O) groups excluding carboxylic acids is 2. The van der Waals surface area contributed by atoms with Crippen molar-refractivity contribution in [3.63, 3.8) is 0 Å². The van der Waals surface area contributed by atoms with E-state index in [2.05, 4.69) is 10.6 Å². The fourth-order valence-electron chi connectivity index (χ4n) is 3.35. The third kappa shape index (κ3) is 7.21. The highest BCUT2D eigenvalue weighted by molar-refractivity contribution is 7.99. The Hall–Kier alpha value is -2.08. The Labute approximate surface area is 209 Å². The van der Waals surface area contributed by atoms with E-state index in [1.54, 1.807) is 39.5 Å². The molecule has 34 heavy (non-hydrogen) atoms. The first-order chi connectivity index (χ1) is 16.0. The van der Waals surface area contributed by atoms with E-state index in [0.29, 0.717) is 23.7 Å². The lowest BCUT2D eigenvalue weighted by atomic mass is 10.1. The van der Waals surface area contributed by atoms with Gasteiger partial charge in [-0.3, -0.25) is 4.79 Å². The van der Waals surface area contributed by atoms with Gasteiger partial charge in [0.2, 0.25) is 5.91 Å². The molecule has 1 aromatic carbocycles. The number of nitrogens with zero attached hydrogens (tertiary/aromatic N) is 1. The first-order valence-corrected chi connectivity index (χ1v) is 14.4. The van der Waals surface area contributed by atoms with Gasteiger partial charge in [-0.2, -0.15) is 16.1 Å². The first-order valence-electron chi connectivity index (χ1n) is 11.0. The Morgan fingerprint density at radius 3 is 2.41 bits per heavy atom. The molecule has 2 aromatic rings. The molecular formula is C23H31N3O5S3. The van der Waals surface area contributed by atoms with Crippen LogP contribution in [-0.4, -0.2) is 61.0 Å². The van der Waals surface area contributed by atoms with Crippen LogP contribution in [0.4, 0.5) is 10.5 Å². The van der Waals surface area contributed by atoms with Crippen molar-refractivity contribution < 1.29 is 22.7 Å². The molecule has 186 valence electrons. The minimum atomic E-state index is -3.61. The predicted octanol–water partition coefficient (Wildman–Crippen LogP) is 3.87. The van der Waals surface area contributed by atoms with E-state index in [-0.39, 0.29) is 10.6 Å². The normalized spacial score (nSPS) is 16.0. The van der Waals surface area contributed by atoms with Gasteiger partial charge in [-0.05, 0) is 39.3 Å². The van der Waals surface area contributed by atoms with Gasteiger partial charge >= 0.3 is 6.09 Å².